The summed E-state index contributed by atoms with van der Waals surface area (Å²) in [5, 5.41) is 2.99. The summed E-state index contributed by atoms with van der Waals surface area (Å²) in [7, 11) is 1.58. The van der Waals surface area contributed by atoms with Gasteiger partial charge in [0.2, 0.25) is 5.91 Å². The Balaban J connectivity index is 1.83. The van der Waals surface area contributed by atoms with Gasteiger partial charge in [-0.15, -0.1) is 0 Å². The Morgan fingerprint density at radius 2 is 1.89 bits per heavy atom. The predicted octanol–water partition coefficient (Wildman–Crippen LogP) is 3.08. The number of nitrogens with zero attached hydrogens (tertiary/aromatic N) is 1. The number of ether oxygens (including phenoxy) is 1. The van der Waals surface area contributed by atoms with Crippen molar-refractivity contribution >= 4 is 11.8 Å². The number of benzene rings is 2. The lowest BCUT2D eigenvalue weighted by Crippen LogP contribution is -2.36. The maximum Gasteiger partial charge on any atom is 0.254 e. The minimum atomic E-state index is -0.242. The van der Waals surface area contributed by atoms with Crippen LogP contribution in [0.5, 0.6) is 5.75 Å². The van der Waals surface area contributed by atoms with Gasteiger partial charge in [-0.1, -0.05) is 43.3 Å². The molecule has 1 aliphatic rings. The Morgan fingerprint density at radius 1 is 1.11 bits per heavy atom. The van der Waals surface area contributed by atoms with Crippen LogP contribution in [-0.4, -0.2) is 43.5 Å². The largest absolute Gasteiger partial charge is 0.497 e. The maximum atomic E-state index is 13.0. The van der Waals surface area contributed by atoms with Gasteiger partial charge in [-0.3, -0.25) is 9.59 Å². The van der Waals surface area contributed by atoms with Gasteiger partial charge < -0.3 is 15.0 Å². The van der Waals surface area contributed by atoms with Gasteiger partial charge in [0.15, 0.2) is 0 Å². The van der Waals surface area contributed by atoms with E-state index in [4.69, 9.17) is 4.74 Å². The molecule has 0 unspecified atom stereocenters. The average Bonchev–Trinajstić information content (AvgIpc) is 3.17. The third-order valence-electron chi connectivity index (χ3n) is 5.04. The molecule has 2 aromatic carbocycles. The number of carbonyl (C=O) groups excluding carboxylic acids is 2. The number of methoxy groups -OCH3 is 1. The molecule has 3 rings (SSSR count). The molecule has 1 saturated heterocycles. The molecule has 0 spiro atoms. The molecule has 5 nitrogen and oxygen atoms in total. The fraction of sp³-hybridized carbons (Fsp3) is 0.364. The van der Waals surface area contributed by atoms with Crippen molar-refractivity contribution in [1.29, 1.82) is 0 Å². The Bertz CT molecular complexity index is 791. The van der Waals surface area contributed by atoms with E-state index in [1.54, 1.807) is 24.1 Å². The van der Waals surface area contributed by atoms with Gasteiger partial charge in [0.25, 0.3) is 5.91 Å². The Labute approximate surface area is 160 Å². The van der Waals surface area contributed by atoms with E-state index in [2.05, 4.69) is 5.32 Å². The molecule has 1 fully saturated rings. The van der Waals surface area contributed by atoms with E-state index >= 15 is 0 Å². The van der Waals surface area contributed by atoms with Crippen molar-refractivity contribution in [2.75, 3.05) is 26.7 Å². The third kappa shape index (κ3) is 4.30. The monoisotopic (exact) mass is 366 g/mol. The van der Waals surface area contributed by atoms with E-state index in [9.17, 15) is 9.59 Å². The number of carbonyl (C=O) groups is 2. The van der Waals surface area contributed by atoms with Crippen LogP contribution in [0.3, 0.4) is 0 Å². The van der Waals surface area contributed by atoms with E-state index in [0.717, 1.165) is 12.0 Å². The molecule has 142 valence electrons. The van der Waals surface area contributed by atoms with E-state index in [-0.39, 0.29) is 23.7 Å². The molecule has 1 heterocycles. The van der Waals surface area contributed by atoms with Crippen LogP contribution in [0, 0.1) is 5.92 Å². The van der Waals surface area contributed by atoms with Crippen molar-refractivity contribution in [3.05, 3.63) is 65.7 Å². The molecular weight excluding hydrogens is 340 g/mol. The summed E-state index contributed by atoms with van der Waals surface area (Å²) in [6.45, 7) is 3.64. The Kier molecular flexibility index (Phi) is 6.12. The summed E-state index contributed by atoms with van der Waals surface area (Å²) >= 11 is 0. The Hall–Kier alpha value is -2.82. The number of hydrogen-bond acceptors (Lipinski definition) is 3. The van der Waals surface area contributed by atoms with Crippen molar-refractivity contribution in [3.63, 3.8) is 0 Å². The second-order valence-corrected chi connectivity index (χ2v) is 6.86. The minimum absolute atomic E-state index is 0.00221. The summed E-state index contributed by atoms with van der Waals surface area (Å²) in [6.07, 6.45) is 0.890. The fourth-order valence-electron chi connectivity index (χ4n) is 3.59. The van der Waals surface area contributed by atoms with Crippen molar-refractivity contribution in [2.45, 2.75) is 19.3 Å². The van der Waals surface area contributed by atoms with Gasteiger partial charge in [-0.25, -0.2) is 0 Å². The number of likely N-dealkylation sites (tertiary alicyclic amines) is 1. The van der Waals surface area contributed by atoms with Crippen molar-refractivity contribution in [2.24, 2.45) is 5.92 Å². The highest BCUT2D eigenvalue weighted by molar-refractivity contribution is 5.95. The van der Waals surface area contributed by atoms with E-state index in [1.807, 2.05) is 49.4 Å². The number of nitrogens with one attached hydrogen (secondary N) is 1. The SMILES string of the molecule is CCCNC(=O)[C@@H]1CN(C(=O)c2cccc(OC)c2)C[C@H]1c1ccccc1. The topological polar surface area (TPSA) is 58.6 Å². The highest BCUT2D eigenvalue weighted by Gasteiger charge is 2.40. The van der Waals surface area contributed by atoms with Crippen molar-refractivity contribution in [3.8, 4) is 5.75 Å². The van der Waals surface area contributed by atoms with Gasteiger partial charge in [0, 0.05) is 31.1 Å². The van der Waals surface area contributed by atoms with Crippen LogP contribution in [-0.2, 0) is 4.79 Å². The fourth-order valence-corrected chi connectivity index (χ4v) is 3.59. The molecule has 5 heteroatoms. The highest BCUT2D eigenvalue weighted by atomic mass is 16.5. The zero-order valence-electron chi connectivity index (χ0n) is 15.9. The molecule has 1 N–H and O–H groups in total. The molecule has 2 amide bonds. The second kappa shape index (κ2) is 8.71. The predicted molar refractivity (Wildman–Crippen MR) is 105 cm³/mol. The van der Waals surface area contributed by atoms with Crippen molar-refractivity contribution in [1.82, 2.24) is 10.2 Å². The van der Waals surface area contributed by atoms with Gasteiger partial charge in [0.1, 0.15) is 5.75 Å². The summed E-state index contributed by atoms with van der Waals surface area (Å²) in [5.41, 5.74) is 1.67. The molecular formula is C22H26N2O3. The molecule has 2 atom stereocenters. The van der Waals surface area contributed by atoms with Gasteiger partial charge in [-0.2, -0.15) is 0 Å². The lowest BCUT2D eigenvalue weighted by molar-refractivity contribution is -0.124. The summed E-state index contributed by atoms with van der Waals surface area (Å²) in [6, 6.07) is 17.1. The smallest absolute Gasteiger partial charge is 0.254 e. The molecule has 27 heavy (non-hydrogen) atoms. The van der Waals surface area contributed by atoms with Crippen LogP contribution in [0.15, 0.2) is 54.6 Å². The van der Waals surface area contributed by atoms with Gasteiger partial charge >= 0.3 is 0 Å². The molecule has 0 bridgehead atoms. The lowest BCUT2D eigenvalue weighted by Gasteiger charge is -2.17. The lowest BCUT2D eigenvalue weighted by atomic mass is 9.88. The third-order valence-corrected chi connectivity index (χ3v) is 5.04. The first-order valence-corrected chi connectivity index (χ1v) is 9.40. The van der Waals surface area contributed by atoms with Crippen LogP contribution < -0.4 is 10.1 Å². The normalized spacial score (nSPS) is 19.0. The van der Waals surface area contributed by atoms with Gasteiger partial charge in [-0.05, 0) is 30.2 Å². The van der Waals surface area contributed by atoms with E-state index in [1.165, 1.54) is 0 Å². The van der Waals surface area contributed by atoms with Crippen LogP contribution in [0.1, 0.15) is 35.2 Å². The maximum absolute atomic E-state index is 13.0. The average molecular weight is 366 g/mol. The quantitative estimate of drug-likeness (QED) is 0.855. The second-order valence-electron chi connectivity index (χ2n) is 6.86. The molecule has 0 aliphatic carbocycles. The molecule has 1 aliphatic heterocycles. The standard InChI is InChI=1S/C22H26N2O3/c1-3-12-23-21(25)20-15-24(14-19(20)16-8-5-4-6-9-16)22(26)17-10-7-11-18(13-17)27-2/h4-11,13,19-20H,3,12,14-15H2,1-2H3,(H,23,25)/t19-,20+/m0/s1. The Morgan fingerprint density at radius 3 is 2.59 bits per heavy atom. The number of amides is 2. The van der Waals surface area contributed by atoms with Crippen LogP contribution in [0.2, 0.25) is 0 Å². The van der Waals surface area contributed by atoms with Crippen LogP contribution in [0.4, 0.5) is 0 Å². The molecule has 2 aromatic rings. The first-order valence-electron chi connectivity index (χ1n) is 9.40. The van der Waals surface area contributed by atoms with Crippen molar-refractivity contribution < 1.29 is 14.3 Å². The summed E-state index contributed by atoms with van der Waals surface area (Å²) < 4.78 is 5.23. The number of rotatable bonds is 6. The van der Waals surface area contributed by atoms with Crippen LogP contribution in [0.25, 0.3) is 0 Å². The van der Waals surface area contributed by atoms with Gasteiger partial charge in [0.05, 0.1) is 13.0 Å². The highest BCUT2D eigenvalue weighted by Crippen LogP contribution is 2.34. The zero-order valence-corrected chi connectivity index (χ0v) is 15.9. The molecule has 0 saturated carbocycles. The minimum Gasteiger partial charge on any atom is -0.497 e. The number of hydrogen-bond donors (Lipinski definition) is 1. The van der Waals surface area contributed by atoms with E-state index < -0.39 is 0 Å². The first-order chi connectivity index (χ1) is 13.1. The van der Waals surface area contributed by atoms with E-state index in [0.29, 0.717) is 30.9 Å². The first kappa shape index (κ1) is 19.0. The summed E-state index contributed by atoms with van der Waals surface area (Å²) in [5.74, 6) is 0.357. The molecule has 0 radical (unpaired) electrons. The van der Waals surface area contributed by atoms with Crippen LogP contribution >= 0.6 is 0 Å². The zero-order chi connectivity index (χ0) is 19.2. The molecule has 0 aromatic heterocycles. The summed E-state index contributed by atoms with van der Waals surface area (Å²) in [4.78, 5) is 27.5.